The summed E-state index contributed by atoms with van der Waals surface area (Å²) in [6.07, 6.45) is 4.69. The summed E-state index contributed by atoms with van der Waals surface area (Å²) in [6, 6.07) is 2.56. The zero-order valence-electron chi connectivity index (χ0n) is 19.1. The maximum absolute atomic E-state index is 13.0. The molecule has 14 nitrogen and oxygen atoms in total. The zero-order valence-corrected chi connectivity index (χ0v) is 20.7. The number of thiazole rings is 1. The number of hydrogen-bond acceptors (Lipinski definition) is 13. The standard InChI is InChI=1S/C21H18N8O6S2/c1-34-27-13(12-8-37-21(22)24-12)16(30)25-14-18(31)29-15(20(32)33)11(7-36-19(14)29)6-28-4-2-3-10(5-28)17-26-23-9-35-17/h2-5,8-9,14,19H,6-7H2,1H3,(H3-,22,24,25,30,32,33)/b27-13-/t14-,19-/m1/s1. The molecule has 0 spiro atoms. The lowest BCUT2D eigenvalue weighted by atomic mass is 10.0. The molecule has 3 aromatic heterocycles. The molecule has 16 heteroatoms. The maximum Gasteiger partial charge on any atom is 0.276 e. The quantitative estimate of drug-likeness (QED) is 0.146. The van der Waals surface area contributed by atoms with Gasteiger partial charge in [0.2, 0.25) is 6.39 Å². The van der Waals surface area contributed by atoms with E-state index in [1.165, 1.54) is 30.6 Å². The van der Waals surface area contributed by atoms with Gasteiger partial charge in [0.1, 0.15) is 29.8 Å². The summed E-state index contributed by atoms with van der Waals surface area (Å²) < 4.78 is 6.96. The lowest BCUT2D eigenvalue weighted by Crippen LogP contribution is -2.71. The average molecular weight is 543 g/mol. The molecule has 3 aromatic rings. The van der Waals surface area contributed by atoms with Crippen molar-refractivity contribution in [1.82, 2.24) is 25.4 Å². The number of aromatic nitrogens is 4. The molecule has 3 N–H and O–H groups in total. The van der Waals surface area contributed by atoms with E-state index in [9.17, 15) is 19.5 Å². The number of carbonyl (C=O) groups is 3. The number of nitrogens with two attached hydrogens (primary N) is 1. The largest absolute Gasteiger partial charge is 0.543 e. The van der Waals surface area contributed by atoms with Crippen LogP contribution in [-0.2, 0) is 25.8 Å². The minimum absolute atomic E-state index is 0.156. The molecular weight excluding hydrogens is 524 g/mol. The number of thioether (sulfide) groups is 1. The van der Waals surface area contributed by atoms with Gasteiger partial charge in [-0.2, -0.15) is 0 Å². The van der Waals surface area contributed by atoms with Crippen molar-refractivity contribution in [3.63, 3.8) is 0 Å². The lowest BCUT2D eigenvalue weighted by molar-refractivity contribution is -0.688. The molecule has 0 bridgehead atoms. The Morgan fingerprint density at radius 3 is 2.97 bits per heavy atom. The number of anilines is 1. The summed E-state index contributed by atoms with van der Waals surface area (Å²) in [4.78, 5) is 47.9. The van der Waals surface area contributed by atoms with Crippen LogP contribution in [0.1, 0.15) is 5.69 Å². The van der Waals surface area contributed by atoms with Crippen LogP contribution < -0.4 is 20.7 Å². The highest BCUT2D eigenvalue weighted by Gasteiger charge is 2.53. The lowest BCUT2D eigenvalue weighted by Gasteiger charge is -2.50. The normalized spacial score (nSPS) is 19.3. The minimum atomic E-state index is -1.48. The van der Waals surface area contributed by atoms with Crippen molar-refractivity contribution in [3.05, 3.63) is 53.3 Å². The van der Waals surface area contributed by atoms with E-state index >= 15 is 0 Å². The number of carbonyl (C=O) groups excluding carboxylic acids is 3. The Morgan fingerprint density at radius 2 is 2.30 bits per heavy atom. The van der Waals surface area contributed by atoms with Crippen LogP contribution in [0.5, 0.6) is 0 Å². The Balaban J connectivity index is 1.35. The number of nitrogen functional groups attached to an aromatic ring is 1. The van der Waals surface area contributed by atoms with Crippen molar-refractivity contribution in [2.75, 3.05) is 18.6 Å². The van der Waals surface area contributed by atoms with Crippen molar-refractivity contribution in [2.45, 2.75) is 18.0 Å². The summed E-state index contributed by atoms with van der Waals surface area (Å²) in [5.74, 6) is -2.16. The van der Waals surface area contributed by atoms with Gasteiger partial charge in [-0.05, 0) is 6.07 Å². The molecule has 0 unspecified atom stereocenters. The van der Waals surface area contributed by atoms with E-state index in [-0.39, 0.29) is 28.8 Å². The second-order valence-electron chi connectivity index (χ2n) is 7.80. The number of nitrogens with zero attached hydrogens (tertiary/aromatic N) is 6. The number of hydrogen-bond donors (Lipinski definition) is 2. The summed E-state index contributed by atoms with van der Waals surface area (Å²) in [7, 11) is 1.27. The van der Waals surface area contributed by atoms with Gasteiger partial charge in [0.05, 0.1) is 11.7 Å². The highest BCUT2D eigenvalue weighted by molar-refractivity contribution is 8.00. The molecule has 2 aliphatic rings. The SMILES string of the molecule is CO/N=C(\C(=O)N[C@@H]1C(=O)N2C(C(=O)[O-])=C(C[n+]3cccc(-c4nnco4)c3)CS[C@H]12)c1csc(N)n1. The highest BCUT2D eigenvalue weighted by atomic mass is 32.2. The smallest absolute Gasteiger partial charge is 0.276 e. The van der Waals surface area contributed by atoms with Crippen LogP contribution in [0.15, 0.2) is 57.1 Å². The molecule has 190 valence electrons. The summed E-state index contributed by atoms with van der Waals surface area (Å²) in [5.41, 5.74) is 6.59. The van der Waals surface area contributed by atoms with Crippen molar-refractivity contribution < 1.29 is 33.3 Å². The molecule has 0 aliphatic carbocycles. The van der Waals surface area contributed by atoms with Crippen molar-refractivity contribution in [3.8, 4) is 11.5 Å². The van der Waals surface area contributed by atoms with E-state index in [0.29, 0.717) is 22.8 Å². The number of oxime groups is 1. The average Bonchev–Trinajstić information content (AvgIpc) is 3.57. The molecule has 1 saturated heterocycles. The fourth-order valence-electron chi connectivity index (χ4n) is 3.96. The second kappa shape index (κ2) is 9.98. The van der Waals surface area contributed by atoms with E-state index in [1.54, 1.807) is 29.1 Å². The van der Waals surface area contributed by atoms with Crippen LogP contribution in [0.4, 0.5) is 5.13 Å². The zero-order chi connectivity index (χ0) is 26.1. The fraction of sp³-hybridized carbons (Fsp3) is 0.238. The fourth-order valence-corrected chi connectivity index (χ4v) is 5.84. The van der Waals surface area contributed by atoms with E-state index in [4.69, 9.17) is 15.0 Å². The molecular formula is C21H18N8O6S2. The van der Waals surface area contributed by atoms with Crippen molar-refractivity contribution in [1.29, 1.82) is 0 Å². The third-order valence-electron chi connectivity index (χ3n) is 5.53. The van der Waals surface area contributed by atoms with Gasteiger partial charge in [-0.25, -0.2) is 9.55 Å². The van der Waals surface area contributed by atoms with E-state index < -0.39 is 29.2 Å². The van der Waals surface area contributed by atoms with Crippen LogP contribution in [0, 0.1) is 0 Å². The third-order valence-corrected chi connectivity index (χ3v) is 7.54. The minimum Gasteiger partial charge on any atom is -0.543 e. The number of amides is 2. The van der Waals surface area contributed by atoms with Gasteiger partial charge in [0.15, 0.2) is 29.8 Å². The van der Waals surface area contributed by atoms with Crippen molar-refractivity contribution in [2.24, 2.45) is 5.16 Å². The van der Waals surface area contributed by atoms with Gasteiger partial charge in [-0.1, -0.05) is 5.16 Å². The monoisotopic (exact) mass is 542 g/mol. The molecule has 1 fully saturated rings. The number of carboxylic acid groups (broad SMARTS) is 1. The number of rotatable bonds is 8. The number of β-lactam (4-membered cyclic amide) rings is 1. The molecule has 2 aliphatic heterocycles. The molecule has 2 atom stereocenters. The summed E-state index contributed by atoms with van der Waals surface area (Å²) >= 11 is 2.44. The van der Waals surface area contributed by atoms with Crippen LogP contribution in [0.2, 0.25) is 0 Å². The molecule has 0 radical (unpaired) electrons. The number of carboxylic acids is 1. The molecule has 5 rings (SSSR count). The maximum atomic E-state index is 13.0. The Kier molecular flexibility index (Phi) is 6.58. The van der Waals surface area contributed by atoms with E-state index in [2.05, 4.69) is 25.7 Å². The molecule has 0 saturated carbocycles. The van der Waals surface area contributed by atoms with Crippen molar-refractivity contribution >= 4 is 51.7 Å². The number of nitrogens with one attached hydrogen (secondary N) is 1. The predicted molar refractivity (Wildman–Crippen MR) is 127 cm³/mol. The highest BCUT2D eigenvalue weighted by Crippen LogP contribution is 2.40. The molecule has 0 aromatic carbocycles. The summed E-state index contributed by atoms with van der Waals surface area (Å²) in [5, 5.41) is 27.1. The van der Waals surface area contributed by atoms with Gasteiger partial charge in [0, 0.05) is 22.8 Å². The summed E-state index contributed by atoms with van der Waals surface area (Å²) in [6.45, 7) is 0.182. The van der Waals surface area contributed by atoms with Gasteiger partial charge < -0.3 is 30.2 Å². The Morgan fingerprint density at radius 1 is 1.46 bits per heavy atom. The number of aliphatic carboxylic acids is 1. The Bertz CT molecular complexity index is 1440. The Hall–Kier alpha value is -4.31. The first-order chi connectivity index (χ1) is 17.9. The second-order valence-corrected chi connectivity index (χ2v) is 9.80. The first kappa shape index (κ1) is 24.4. The number of pyridine rings is 1. The third kappa shape index (κ3) is 4.63. The van der Waals surface area contributed by atoms with Gasteiger partial charge in [-0.15, -0.1) is 33.3 Å². The Labute approximate surface area is 216 Å². The van der Waals surface area contributed by atoms with Gasteiger partial charge in [-0.3, -0.25) is 14.5 Å². The van der Waals surface area contributed by atoms with Crippen LogP contribution >= 0.6 is 23.1 Å². The van der Waals surface area contributed by atoms with E-state index in [0.717, 1.165) is 16.2 Å². The van der Waals surface area contributed by atoms with Gasteiger partial charge >= 0.3 is 0 Å². The van der Waals surface area contributed by atoms with E-state index in [1.807, 2.05) is 0 Å². The number of fused-ring (bicyclic) bond motifs is 1. The molecule has 37 heavy (non-hydrogen) atoms. The first-order valence-electron chi connectivity index (χ1n) is 10.6. The first-order valence-corrected chi connectivity index (χ1v) is 12.6. The van der Waals surface area contributed by atoms with Crippen LogP contribution in [0.3, 0.4) is 0 Å². The van der Waals surface area contributed by atoms with Gasteiger partial charge in [0.25, 0.3) is 17.7 Å². The van der Waals surface area contributed by atoms with Crippen LogP contribution in [-0.4, -0.2) is 67.9 Å². The topological polar surface area (TPSA) is 193 Å². The van der Waals surface area contributed by atoms with Crippen LogP contribution in [0.25, 0.3) is 11.5 Å². The molecule has 5 heterocycles. The molecule has 2 amide bonds. The predicted octanol–water partition coefficient (Wildman–Crippen LogP) is -1.48.